The average molecular weight is 217 g/mol. The van der Waals surface area contributed by atoms with Crippen molar-refractivity contribution in [3.63, 3.8) is 0 Å². The summed E-state index contributed by atoms with van der Waals surface area (Å²) in [5.74, 6) is 0. The monoisotopic (exact) mass is 217 g/mol. The van der Waals surface area contributed by atoms with Crippen LogP contribution in [-0.2, 0) is 0 Å². The summed E-state index contributed by atoms with van der Waals surface area (Å²) in [5.41, 5.74) is 0. The van der Waals surface area contributed by atoms with E-state index in [0.717, 1.165) is 26.2 Å². The van der Waals surface area contributed by atoms with Crippen LogP contribution in [0.1, 0.15) is 0 Å². The maximum absolute atomic E-state index is 9.17. The van der Waals surface area contributed by atoms with Gasteiger partial charge in [-0.15, -0.1) is 0 Å². The van der Waals surface area contributed by atoms with E-state index in [0.29, 0.717) is 12.6 Å². The van der Waals surface area contributed by atoms with Crippen molar-refractivity contribution in [3.8, 4) is 0 Å². The van der Waals surface area contributed by atoms with Gasteiger partial charge in [0.25, 0.3) is 0 Å². The Bertz CT molecular complexity index is 180. The molecule has 5 nitrogen and oxygen atoms in total. The lowest BCUT2D eigenvalue weighted by atomic mass is 10.2. The third kappa shape index (κ3) is 4.44. The Kier molecular flexibility index (Phi) is 5.49. The van der Waals surface area contributed by atoms with Crippen molar-refractivity contribution in [3.05, 3.63) is 0 Å². The number of hydrogen-bond acceptors (Lipinski definition) is 5. The molecule has 1 aliphatic heterocycles. The first kappa shape index (κ1) is 12.9. The number of rotatable bonds is 5. The molecule has 0 radical (unpaired) electrons. The summed E-state index contributed by atoms with van der Waals surface area (Å²) in [6.07, 6.45) is -0.642. The molecule has 0 amide bonds. The molecule has 1 saturated heterocycles. The van der Waals surface area contributed by atoms with Crippen molar-refractivity contribution in [2.45, 2.75) is 12.1 Å². The number of piperazine rings is 1. The van der Waals surface area contributed by atoms with E-state index >= 15 is 0 Å². The predicted molar refractivity (Wildman–Crippen MR) is 59.9 cm³/mol. The zero-order valence-electron chi connectivity index (χ0n) is 9.69. The molecule has 1 unspecified atom stereocenters. The number of likely N-dealkylation sites (N-methyl/N-ethyl adjacent to an activating group) is 2. The van der Waals surface area contributed by atoms with E-state index < -0.39 is 6.10 Å². The predicted octanol–water partition coefficient (Wildman–Crippen LogP) is -1.82. The molecule has 0 aliphatic carbocycles. The molecular formula is C10H23N3O2. The van der Waals surface area contributed by atoms with Gasteiger partial charge in [-0.1, -0.05) is 0 Å². The van der Waals surface area contributed by atoms with Crippen LogP contribution in [0.5, 0.6) is 0 Å². The van der Waals surface area contributed by atoms with E-state index in [1.165, 1.54) is 0 Å². The van der Waals surface area contributed by atoms with Gasteiger partial charge < -0.3 is 20.4 Å². The fourth-order valence-corrected chi connectivity index (χ4v) is 1.80. The third-order valence-electron chi connectivity index (χ3n) is 2.95. The summed E-state index contributed by atoms with van der Waals surface area (Å²) in [6, 6.07) is 0.495. The number of hydrogen-bond donors (Lipinski definition) is 3. The van der Waals surface area contributed by atoms with Crippen molar-refractivity contribution in [2.24, 2.45) is 0 Å². The molecule has 1 rings (SSSR count). The zero-order valence-corrected chi connectivity index (χ0v) is 9.69. The summed E-state index contributed by atoms with van der Waals surface area (Å²) in [4.78, 5) is 4.65. The van der Waals surface area contributed by atoms with Gasteiger partial charge in [-0.25, -0.2) is 0 Å². The lowest BCUT2D eigenvalue weighted by Gasteiger charge is -2.37. The van der Waals surface area contributed by atoms with Crippen molar-refractivity contribution in [1.29, 1.82) is 0 Å². The van der Waals surface area contributed by atoms with Crippen LogP contribution >= 0.6 is 0 Å². The molecule has 90 valence electrons. The number of nitrogens with one attached hydrogen (secondary N) is 1. The minimum atomic E-state index is -0.642. The molecule has 15 heavy (non-hydrogen) atoms. The van der Waals surface area contributed by atoms with Gasteiger partial charge in [0.15, 0.2) is 0 Å². The first-order valence-corrected chi connectivity index (χ1v) is 5.52. The van der Waals surface area contributed by atoms with Crippen LogP contribution in [0.15, 0.2) is 0 Å². The molecule has 0 aromatic rings. The minimum Gasteiger partial charge on any atom is -0.394 e. The van der Waals surface area contributed by atoms with E-state index in [1.54, 1.807) is 0 Å². The first-order valence-electron chi connectivity index (χ1n) is 5.52. The van der Waals surface area contributed by atoms with Gasteiger partial charge in [-0.05, 0) is 14.1 Å². The Morgan fingerprint density at radius 3 is 2.80 bits per heavy atom. The van der Waals surface area contributed by atoms with Crippen LogP contribution in [0.2, 0.25) is 0 Å². The summed E-state index contributed by atoms with van der Waals surface area (Å²) in [5, 5.41) is 21.0. The minimum absolute atomic E-state index is 0.173. The highest BCUT2D eigenvalue weighted by molar-refractivity contribution is 4.80. The van der Waals surface area contributed by atoms with Crippen molar-refractivity contribution >= 4 is 0 Å². The van der Waals surface area contributed by atoms with Gasteiger partial charge in [-0.2, -0.15) is 0 Å². The lowest BCUT2D eigenvalue weighted by Crippen LogP contribution is -2.54. The fourth-order valence-electron chi connectivity index (χ4n) is 1.80. The Morgan fingerprint density at radius 2 is 2.13 bits per heavy atom. The van der Waals surface area contributed by atoms with Crippen molar-refractivity contribution in [2.75, 3.05) is 53.4 Å². The third-order valence-corrected chi connectivity index (χ3v) is 2.95. The summed E-state index contributed by atoms with van der Waals surface area (Å²) < 4.78 is 0. The van der Waals surface area contributed by atoms with E-state index in [-0.39, 0.29) is 6.61 Å². The SMILES string of the molecule is CN1CCN(C)C(CNC[C@H](O)CO)C1. The van der Waals surface area contributed by atoms with Gasteiger partial charge in [-0.3, -0.25) is 4.90 Å². The van der Waals surface area contributed by atoms with Crippen LogP contribution in [0.25, 0.3) is 0 Å². The molecule has 3 N–H and O–H groups in total. The second kappa shape index (κ2) is 6.40. The smallest absolute Gasteiger partial charge is 0.0894 e. The van der Waals surface area contributed by atoms with Gasteiger partial charge in [0.05, 0.1) is 12.7 Å². The van der Waals surface area contributed by atoms with Crippen LogP contribution in [-0.4, -0.2) is 85.6 Å². The molecule has 0 bridgehead atoms. The highest BCUT2D eigenvalue weighted by Crippen LogP contribution is 2.04. The number of aliphatic hydroxyl groups excluding tert-OH is 2. The average Bonchev–Trinajstić information content (AvgIpc) is 2.23. The second-order valence-corrected chi connectivity index (χ2v) is 4.39. The number of nitrogens with zero attached hydrogens (tertiary/aromatic N) is 2. The molecule has 1 heterocycles. The van der Waals surface area contributed by atoms with Gasteiger partial charge in [0.2, 0.25) is 0 Å². The van der Waals surface area contributed by atoms with Crippen molar-refractivity contribution < 1.29 is 10.2 Å². The Balaban J connectivity index is 2.18. The highest BCUT2D eigenvalue weighted by Gasteiger charge is 2.21. The molecule has 1 fully saturated rings. The largest absolute Gasteiger partial charge is 0.394 e. The molecule has 2 atom stereocenters. The fraction of sp³-hybridized carbons (Fsp3) is 1.00. The summed E-state index contributed by atoms with van der Waals surface area (Å²) >= 11 is 0. The van der Waals surface area contributed by atoms with Gasteiger partial charge in [0.1, 0.15) is 0 Å². The van der Waals surface area contributed by atoms with E-state index in [1.807, 2.05) is 0 Å². The molecule has 5 heteroatoms. The zero-order chi connectivity index (χ0) is 11.3. The van der Waals surface area contributed by atoms with E-state index in [9.17, 15) is 0 Å². The van der Waals surface area contributed by atoms with Gasteiger partial charge >= 0.3 is 0 Å². The normalized spacial score (nSPS) is 26.8. The summed E-state index contributed by atoms with van der Waals surface area (Å²) in [7, 11) is 4.25. The van der Waals surface area contributed by atoms with Crippen LogP contribution < -0.4 is 5.32 Å². The van der Waals surface area contributed by atoms with Crippen LogP contribution in [0.4, 0.5) is 0 Å². The first-order chi connectivity index (χ1) is 7.13. The molecule has 0 aromatic carbocycles. The van der Waals surface area contributed by atoms with Crippen molar-refractivity contribution in [1.82, 2.24) is 15.1 Å². The summed E-state index contributed by atoms with van der Waals surface area (Å²) in [6.45, 7) is 4.41. The van der Waals surface area contributed by atoms with Crippen LogP contribution in [0.3, 0.4) is 0 Å². The Labute approximate surface area is 91.7 Å². The molecular weight excluding hydrogens is 194 g/mol. The standard InChI is InChI=1S/C10H23N3O2/c1-12-3-4-13(2)9(7-12)5-11-6-10(15)8-14/h9-11,14-15H,3-8H2,1-2H3/t9?,10-/m0/s1. The highest BCUT2D eigenvalue weighted by atomic mass is 16.3. The quantitative estimate of drug-likeness (QED) is 0.506. The molecule has 1 aliphatic rings. The maximum Gasteiger partial charge on any atom is 0.0894 e. The molecule has 0 saturated carbocycles. The lowest BCUT2D eigenvalue weighted by molar-refractivity contribution is 0.0841. The Hall–Kier alpha value is -0.200. The Morgan fingerprint density at radius 1 is 1.40 bits per heavy atom. The van der Waals surface area contributed by atoms with E-state index in [4.69, 9.17) is 10.2 Å². The van der Waals surface area contributed by atoms with Crippen LogP contribution in [0, 0.1) is 0 Å². The second-order valence-electron chi connectivity index (χ2n) is 4.39. The van der Waals surface area contributed by atoms with E-state index in [2.05, 4.69) is 29.2 Å². The van der Waals surface area contributed by atoms with Gasteiger partial charge in [0, 0.05) is 38.8 Å². The molecule has 0 aromatic heterocycles. The molecule has 0 spiro atoms. The maximum atomic E-state index is 9.17. The number of aliphatic hydroxyl groups is 2. The topological polar surface area (TPSA) is 59.0 Å².